The van der Waals surface area contributed by atoms with E-state index in [0.29, 0.717) is 0 Å². The van der Waals surface area contributed by atoms with Crippen LogP contribution >= 0.6 is 0 Å². The van der Waals surface area contributed by atoms with Crippen LogP contribution in [0.1, 0.15) is 10.6 Å². The zero-order chi connectivity index (χ0) is 11.5. The van der Waals surface area contributed by atoms with Gasteiger partial charge in [-0.3, -0.25) is 4.79 Å². The molecule has 0 unspecified atom stereocenters. The van der Waals surface area contributed by atoms with E-state index in [1.807, 2.05) is 0 Å². The molecule has 2 N–H and O–H groups in total. The number of hydrogen-bond acceptors (Lipinski definition) is 3. The van der Waals surface area contributed by atoms with Crippen LogP contribution in [0.5, 0.6) is 5.75 Å². The summed E-state index contributed by atoms with van der Waals surface area (Å²) in [6.07, 6.45) is 1.33. The molecule has 0 fully saturated rings. The summed E-state index contributed by atoms with van der Waals surface area (Å²) in [5.74, 6) is -1.62. The van der Waals surface area contributed by atoms with Crippen molar-refractivity contribution in [2.75, 3.05) is 5.32 Å². The van der Waals surface area contributed by atoms with Gasteiger partial charge in [-0.2, -0.15) is 0 Å². The maximum Gasteiger partial charge on any atom is 0.291 e. The van der Waals surface area contributed by atoms with Crippen molar-refractivity contribution in [3.63, 3.8) is 0 Å². The molecule has 0 spiro atoms. The summed E-state index contributed by atoms with van der Waals surface area (Å²) in [6, 6.07) is 6.73. The molecule has 0 saturated heterocycles. The monoisotopic (exact) mass is 221 g/mol. The normalized spacial score (nSPS) is 10.1. The van der Waals surface area contributed by atoms with Gasteiger partial charge in [0.05, 0.1) is 6.26 Å². The number of hydrogen-bond donors (Lipinski definition) is 2. The summed E-state index contributed by atoms with van der Waals surface area (Å²) >= 11 is 0. The number of nitrogens with one attached hydrogen (secondary N) is 1. The number of amides is 1. The molecule has 4 nitrogen and oxygen atoms in total. The Morgan fingerprint density at radius 2 is 2.12 bits per heavy atom. The number of para-hydroxylation sites is 1. The van der Waals surface area contributed by atoms with E-state index in [-0.39, 0.29) is 17.2 Å². The lowest BCUT2D eigenvalue weighted by atomic mass is 10.2. The number of benzene rings is 1. The van der Waals surface area contributed by atoms with Crippen LogP contribution in [0, 0.1) is 5.82 Å². The highest BCUT2D eigenvalue weighted by molar-refractivity contribution is 6.03. The lowest BCUT2D eigenvalue weighted by molar-refractivity contribution is 0.0995. The smallest absolute Gasteiger partial charge is 0.291 e. The first-order valence-corrected chi connectivity index (χ1v) is 4.51. The highest BCUT2D eigenvalue weighted by atomic mass is 19.1. The second-order valence-electron chi connectivity index (χ2n) is 3.07. The summed E-state index contributed by atoms with van der Waals surface area (Å²) in [7, 11) is 0. The standard InChI is InChI=1S/C11H8FNO3/c12-7-3-1-4-8(14)10(7)13-11(15)9-5-2-6-16-9/h1-6,14H,(H,13,15). The van der Waals surface area contributed by atoms with Crippen molar-refractivity contribution in [2.45, 2.75) is 0 Å². The van der Waals surface area contributed by atoms with Crippen LogP contribution in [-0.4, -0.2) is 11.0 Å². The topological polar surface area (TPSA) is 62.5 Å². The lowest BCUT2D eigenvalue weighted by Gasteiger charge is -2.06. The molecule has 2 rings (SSSR count). The van der Waals surface area contributed by atoms with Crippen LogP contribution in [-0.2, 0) is 0 Å². The minimum Gasteiger partial charge on any atom is -0.506 e. The molecule has 1 aromatic carbocycles. The first kappa shape index (κ1) is 10.2. The fraction of sp³-hybridized carbons (Fsp3) is 0. The van der Waals surface area contributed by atoms with E-state index in [9.17, 15) is 14.3 Å². The summed E-state index contributed by atoms with van der Waals surface area (Å²) in [6.45, 7) is 0. The number of carbonyl (C=O) groups excluding carboxylic acids is 1. The van der Waals surface area contributed by atoms with Gasteiger partial charge < -0.3 is 14.8 Å². The second-order valence-corrected chi connectivity index (χ2v) is 3.07. The molecule has 5 heteroatoms. The van der Waals surface area contributed by atoms with E-state index in [1.165, 1.54) is 30.5 Å². The van der Waals surface area contributed by atoms with E-state index in [2.05, 4.69) is 5.32 Å². The number of phenols is 1. The summed E-state index contributed by atoms with van der Waals surface area (Å²) < 4.78 is 18.1. The Kier molecular flexibility index (Phi) is 2.59. The number of aromatic hydroxyl groups is 1. The van der Waals surface area contributed by atoms with Crippen molar-refractivity contribution in [1.29, 1.82) is 0 Å². The third-order valence-corrected chi connectivity index (χ3v) is 1.98. The number of halogens is 1. The van der Waals surface area contributed by atoms with Crippen molar-refractivity contribution in [2.24, 2.45) is 0 Å². The summed E-state index contributed by atoms with van der Waals surface area (Å²) in [4.78, 5) is 11.5. The molecule has 0 saturated carbocycles. The van der Waals surface area contributed by atoms with Crippen LogP contribution in [0.2, 0.25) is 0 Å². The van der Waals surface area contributed by atoms with Gasteiger partial charge in [-0.1, -0.05) is 6.07 Å². The predicted molar refractivity (Wildman–Crippen MR) is 54.7 cm³/mol. The van der Waals surface area contributed by atoms with E-state index in [4.69, 9.17) is 4.42 Å². The van der Waals surface area contributed by atoms with Gasteiger partial charge in [0.15, 0.2) is 11.6 Å². The third kappa shape index (κ3) is 1.88. The van der Waals surface area contributed by atoms with Crippen LogP contribution in [0.3, 0.4) is 0 Å². The zero-order valence-electron chi connectivity index (χ0n) is 8.11. The van der Waals surface area contributed by atoms with E-state index in [0.717, 1.165) is 6.07 Å². The average Bonchev–Trinajstić information content (AvgIpc) is 2.76. The highest BCUT2D eigenvalue weighted by Crippen LogP contribution is 2.26. The van der Waals surface area contributed by atoms with E-state index < -0.39 is 11.7 Å². The minimum absolute atomic E-state index is 0.0441. The maximum absolute atomic E-state index is 13.2. The van der Waals surface area contributed by atoms with E-state index >= 15 is 0 Å². The van der Waals surface area contributed by atoms with Crippen LogP contribution < -0.4 is 5.32 Å². The molecule has 0 aliphatic carbocycles. The zero-order valence-corrected chi connectivity index (χ0v) is 8.11. The minimum atomic E-state index is -0.708. The molecule has 1 heterocycles. The second kappa shape index (κ2) is 4.06. The maximum atomic E-state index is 13.2. The Morgan fingerprint density at radius 3 is 2.75 bits per heavy atom. The number of phenolic OH excluding ortho intramolecular Hbond substituents is 1. The Labute approximate surface area is 90.3 Å². The quantitative estimate of drug-likeness (QED) is 0.765. The Bertz CT molecular complexity index is 488. The van der Waals surface area contributed by atoms with Crippen LogP contribution in [0.4, 0.5) is 10.1 Å². The van der Waals surface area contributed by atoms with Gasteiger partial charge >= 0.3 is 0 Å². The fourth-order valence-electron chi connectivity index (χ4n) is 1.22. The van der Waals surface area contributed by atoms with Crippen molar-refractivity contribution in [1.82, 2.24) is 0 Å². The predicted octanol–water partition coefficient (Wildman–Crippen LogP) is 2.38. The SMILES string of the molecule is O=C(Nc1c(O)cccc1F)c1ccco1. The third-order valence-electron chi connectivity index (χ3n) is 1.98. The van der Waals surface area contributed by atoms with Gasteiger partial charge in [0, 0.05) is 0 Å². The Balaban J connectivity index is 2.25. The highest BCUT2D eigenvalue weighted by Gasteiger charge is 2.14. The molecule has 2 aromatic rings. The summed E-state index contributed by atoms with van der Waals surface area (Å²) in [5, 5.41) is 11.6. The first-order chi connectivity index (χ1) is 7.68. The van der Waals surface area contributed by atoms with Gasteiger partial charge in [-0.25, -0.2) is 4.39 Å². The molecule has 0 aliphatic heterocycles. The van der Waals surface area contributed by atoms with Gasteiger partial charge in [0.2, 0.25) is 0 Å². The molecule has 1 aromatic heterocycles. The first-order valence-electron chi connectivity index (χ1n) is 4.51. The molecule has 16 heavy (non-hydrogen) atoms. The van der Waals surface area contributed by atoms with Crippen molar-refractivity contribution < 1.29 is 18.7 Å². The Hall–Kier alpha value is -2.30. The molecule has 82 valence electrons. The number of carbonyl (C=O) groups is 1. The van der Waals surface area contributed by atoms with Gasteiger partial charge in [0.25, 0.3) is 5.91 Å². The molecule has 0 aliphatic rings. The fourth-order valence-corrected chi connectivity index (χ4v) is 1.22. The van der Waals surface area contributed by atoms with Gasteiger partial charge in [-0.05, 0) is 24.3 Å². The van der Waals surface area contributed by atoms with Crippen LogP contribution in [0.25, 0.3) is 0 Å². The lowest BCUT2D eigenvalue weighted by Crippen LogP contribution is -2.12. The molecular weight excluding hydrogens is 213 g/mol. The largest absolute Gasteiger partial charge is 0.506 e. The average molecular weight is 221 g/mol. The molecule has 0 bridgehead atoms. The van der Waals surface area contributed by atoms with Crippen molar-refractivity contribution in [3.05, 3.63) is 48.2 Å². The molecule has 1 amide bonds. The van der Waals surface area contributed by atoms with Gasteiger partial charge in [-0.15, -0.1) is 0 Å². The number of furan rings is 1. The molecule has 0 atom stereocenters. The van der Waals surface area contributed by atoms with Crippen molar-refractivity contribution in [3.8, 4) is 5.75 Å². The van der Waals surface area contributed by atoms with Crippen LogP contribution in [0.15, 0.2) is 41.0 Å². The van der Waals surface area contributed by atoms with Crippen molar-refractivity contribution >= 4 is 11.6 Å². The van der Waals surface area contributed by atoms with E-state index in [1.54, 1.807) is 0 Å². The Morgan fingerprint density at radius 1 is 1.31 bits per heavy atom. The summed E-state index contributed by atoms with van der Waals surface area (Å²) in [5.41, 5.74) is -0.260. The van der Waals surface area contributed by atoms with Gasteiger partial charge in [0.1, 0.15) is 11.4 Å². The molecular formula is C11H8FNO3. The molecule has 0 radical (unpaired) electrons. The number of anilines is 1. The number of rotatable bonds is 2.